The number of alkyl halides is 3. The Labute approximate surface area is 245 Å². The zero-order chi connectivity index (χ0) is 31.5. The van der Waals surface area contributed by atoms with E-state index in [2.05, 4.69) is 15.1 Å². The molecule has 1 aliphatic heterocycles. The van der Waals surface area contributed by atoms with Crippen LogP contribution in [0.2, 0.25) is 0 Å². The second kappa shape index (κ2) is 12.8. The highest BCUT2D eigenvalue weighted by Gasteiger charge is 2.44. The third-order valence-electron chi connectivity index (χ3n) is 6.80. The summed E-state index contributed by atoms with van der Waals surface area (Å²) in [5, 5.41) is 24.9. The average molecular weight is 629 g/mol. The van der Waals surface area contributed by atoms with E-state index in [4.69, 9.17) is 4.74 Å². The minimum atomic E-state index is -5.50. The van der Waals surface area contributed by atoms with Crippen molar-refractivity contribution in [2.24, 2.45) is 0 Å². The molecular formula is C27H31F3N4O8S. The van der Waals surface area contributed by atoms with Gasteiger partial charge >= 0.3 is 12.1 Å². The highest BCUT2D eigenvalue weighted by molar-refractivity contribution is 7.91. The van der Waals surface area contributed by atoms with Crippen LogP contribution in [0, 0.1) is 0 Å². The lowest BCUT2D eigenvalue weighted by Gasteiger charge is -2.27. The van der Waals surface area contributed by atoms with E-state index in [0.717, 1.165) is 23.1 Å². The van der Waals surface area contributed by atoms with Gasteiger partial charge in [-0.05, 0) is 42.7 Å². The summed E-state index contributed by atoms with van der Waals surface area (Å²) in [6.07, 6.45) is -4.00. The Bertz CT molecular complexity index is 1590. The molecule has 43 heavy (non-hydrogen) atoms. The van der Waals surface area contributed by atoms with Crippen molar-refractivity contribution in [2.75, 3.05) is 43.6 Å². The molecular weight excluding hydrogens is 597 g/mol. The molecule has 3 aromatic rings. The number of nitrogens with one attached hydrogen (secondary N) is 2. The Morgan fingerprint density at radius 1 is 1.21 bits per heavy atom. The molecule has 0 bridgehead atoms. The summed E-state index contributed by atoms with van der Waals surface area (Å²) in [6, 6.07) is 8.37. The number of aliphatic hydroxyl groups excluding tert-OH is 1. The van der Waals surface area contributed by atoms with Crippen molar-refractivity contribution in [3.8, 4) is 5.75 Å². The number of fused-ring (bicyclic) bond motifs is 1. The number of aromatic hydroxyl groups is 1. The smallest absolute Gasteiger partial charge is 0.493 e. The molecule has 2 heterocycles. The number of carbonyl (C=O) groups is 2. The molecule has 2 atom stereocenters. The molecule has 1 aliphatic rings. The number of amides is 1. The number of hydrogen-bond acceptors (Lipinski definition) is 9. The quantitative estimate of drug-likeness (QED) is 0.247. The number of para-hydroxylation sites is 1. The van der Waals surface area contributed by atoms with Crippen LogP contribution >= 0.6 is 0 Å². The fraction of sp³-hybridized carbons (Fsp3) is 0.407. The molecule has 234 valence electrons. The molecule has 2 aromatic carbocycles. The van der Waals surface area contributed by atoms with Crippen molar-refractivity contribution in [1.29, 1.82) is 0 Å². The highest BCUT2D eigenvalue weighted by Crippen LogP contribution is 2.33. The Morgan fingerprint density at radius 3 is 2.56 bits per heavy atom. The van der Waals surface area contributed by atoms with Gasteiger partial charge in [0.1, 0.15) is 11.4 Å². The molecule has 4 N–H and O–H groups in total. The van der Waals surface area contributed by atoms with Crippen LogP contribution in [0.15, 0.2) is 42.6 Å². The van der Waals surface area contributed by atoms with E-state index in [1.165, 1.54) is 6.07 Å². The summed E-state index contributed by atoms with van der Waals surface area (Å²) in [5.41, 5.74) is 1.42. The van der Waals surface area contributed by atoms with Gasteiger partial charge in [-0.2, -0.15) is 13.2 Å². The number of ether oxygens (including phenoxy) is 1. The predicted octanol–water partition coefficient (Wildman–Crippen LogP) is 2.39. The van der Waals surface area contributed by atoms with Gasteiger partial charge in [-0.1, -0.05) is 22.7 Å². The van der Waals surface area contributed by atoms with Crippen LogP contribution in [-0.4, -0.2) is 91.7 Å². The van der Waals surface area contributed by atoms with Gasteiger partial charge < -0.3 is 35.0 Å². The lowest BCUT2D eigenvalue weighted by atomic mass is 10.0. The maximum atomic E-state index is 13.1. The van der Waals surface area contributed by atoms with Gasteiger partial charge in [-0.25, -0.2) is 13.2 Å². The lowest BCUT2D eigenvalue weighted by Crippen LogP contribution is -2.40. The van der Waals surface area contributed by atoms with Crippen molar-refractivity contribution >= 4 is 38.5 Å². The number of aliphatic hydroxyl groups is 1. The molecule has 1 fully saturated rings. The SMILES string of the molecule is C[C@H](Cc1c[nH]c2c(C(=O)N3CCOCC3)cccc12)NC[C@H](O)c1ccc(O)c(N(OC(=O)C(F)(F)F)S(C)(=O)=O)c1. The number of aromatic amines is 1. The number of halogens is 3. The van der Waals surface area contributed by atoms with Gasteiger partial charge in [0.05, 0.1) is 36.7 Å². The number of nitrogens with zero attached hydrogens (tertiary/aromatic N) is 2. The number of hydrogen-bond donors (Lipinski definition) is 4. The minimum absolute atomic E-state index is 0.0302. The van der Waals surface area contributed by atoms with E-state index in [1.54, 1.807) is 11.0 Å². The number of anilines is 1. The average Bonchev–Trinajstić information content (AvgIpc) is 3.36. The van der Waals surface area contributed by atoms with Crippen molar-refractivity contribution in [1.82, 2.24) is 15.2 Å². The van der Waals surface area contributed by atoms with Gasteiger partial charge in [0, 0.05) is 37.3 Å². The molecule has 1 aromatic heterocycles. The highest BCUT2D eigenvalue weighted by atomic mass is 32.2. The largest absolute Gasteiger partial charge is 0.506 e. The summed E-state index contributed by atoms with van der Waals surface area (Å²) in [6.45, 7) is 3.80. The zero-order valence-corrected chi connectivity index (χ0v) is 24.0. The number of morpholine rings is 1. The van der Waals surface area contributed by atoms with E-state index >= 15 is 0 Å². The standard InChI is InChI=1S/C27H31F3N4O8S/c1-16(12-18-14-32-24-19(18)4-3-5-20(24)25(37)33-8-10-41-11-9-33)31-15-23(36)17-6-7-22(35)21(13-17)34(43(2,39)40)42-26(38)27(28,29)30/h3-7,13-14,16,23,31-32,35-36H,8-12,15H2,1-2H3/t16-,23+/m1/s1. The molecule has 16 heteroatoms. The van der Waals surface area contributed by atoms with Crippen LogP contribution in [-0.2, 0) is 30.8 Å². The number of sulfonamides is 1. The monoisotopic (exact) mass is 628 g/mol. The molecule has 0 unspecified atom stereocenters. The first kappa shape index (κ1) is 32.1. The Morgan fingerprint density at radius 2 is 1.91 bits per heavy atom. The van der Waals surface area contributed by atoms with Gasteiger partial charge in [0.25, 0.3) is 15.9 Å². The van der Waals surface area contributed by atoms with Crippen molar-refractivity contribution in [3.05, 3.63) is 59.3 Å². The first-order chi connectivity index (χ1) is 20.2. The topological polar surface area (TPSA) is 162 Å². The number of phenols is 1. The second-order valence-corrected chi connectivity index (χ2v) is 11.9. The lowest BCUT2D eigenvalue weighted by molar-refractivity contribution is -0.199. The first-order valence-corrected chi connectivity index (χ1v) is 15.0. The van der Waals surface area contributed by atoms with Crippen molar-refractivity contribution in [2.45, 2.75) is 31.7 Å². The van der Waals surface area contributed by atoms with E-state index < -0.39 is 39.7 Å². The van der Waals surface area contributed by atoms with E-state index in [0.29, 0.717) is 50.1 Å². The van der Waals surface area contributed by atoms with Gasteiger partial charge in [0.15, 0.2) is 0 Å². The predicted molar refractivity (Wildman–Crippen MR) is 149 cm³/mol. The first-order valence-electron chi connectivity index (χ1n) is 13.2. The van der Waals surface area contributed by atoms with Crippen molar-refractivity contribution in [3.63, 3.8) is 0 Å². The molecule has 0 spiro atoms. The fourth-order valence-corrected chi connectivity index (χ4v) is 5.35. The maximum Gasteiger partial charge on any atom is 0.493 e. The molecule has 0 radical (unpaired) electrons. The summed E-state index contributed by atoms with van der Waals surface area (Å²) >= 11 is 0. The number of aromatic nitrogens is 1. The maximum absolute atomic E-state index is 13.1. The third-order valence-corrected chi connectivity index (χ3v) is 7.67. The Hall–Kier alpha value is -3.86. The van der Waals surface area contributed by atoms with Crippen LogP contribution < -0.4 is 9.79 Å². The van der Waals surface area contributed by atoms with Gasteiger partial charge in [-0.3, -0.25) is 4.79 Å². The number of carbonyl (C=O) groups excluding carboxylic acids is 2. The van der Waals surface area contributed by atoms with Crippen molar-refractivity contribution < 1.29 is 51.0 Å². The van der Waals surface area contributed by atoms with E-state index in [-0.39, 0.29) is 28.5 Å². The molecule has 12 nitrogen and oxygen atoms in total. The van der Waals surface area contributed by atoms with Crippen LogP contribution in [0.5, 0.6) is 5.75 Å². The number of H-pyrrole nitrogens is 1. The zero-order valence-electron chi connectivity index (χ0n) is 23.2. The molecule has 0 saturated carbocycles. The Balaban J connectivity index is 1.44. The number of rotatable bonds is 10. The molecule has 1 saturated heterocycles. The van der Waals surface area contributed by atoms with Crippen LogP contribution in [0.1, 0.15) is 34.5 Å². The summed E-state index contributed by atoms with van der Waals surface area (Å²) in [7, 11) is -4.63. The molecule has 4 rings (SSSR count). The normalized spacial score (nSPS) is 15.7. The molecule has 0 aliphatic carbocycles. The van der Waals surface area contributed by atoms with Crippen LogP contribution in [0.4, 0.5) is 18.9 Å². The van der Waals surface area contributed by atoms with E-state index in [1.807, 2.05) is 25.3 Å². The number of phenolic OH excluding ortho intramolecular Hbond substituents is 1. The third kappa shape index (κ3) is 7.57. The minimum Gasteiger partial charge on any atom is -0.506 e. The van der Waals surface area contributed by atoms with Crippen LogP contribution in [0.3, 0.4) is 0 Å². The summed E-state index contributed by atoms with van der Waals surface area (Å²) < 4.78 is 67.3. The summed E-state index contributed by atoms with van der Waals surface area (Å²) in [4.78, 5) is 33.4. The second-order valence-electron chi connectivity index (χ2n) is 10.1. The molecule has 1 amide bonds. The van der Waals surface area contributed by atoms with Gasteiger partial charge in [-0.15, -0.1) is 0 Å². The summed E-state index contributed by atoms with van der Waals surface area (Å²) in [5.74, 6) is -3.70. The Kier molecular flexibility index (Phi) is 9.54. The fourth-order valence-electron chi connectivity index (χ4n) is 4.65. The number of benzene rings is 2. The van der Waals surface area contributed by atoms with E-state index in [9.17, 15) is 41.4 Å². The van der Waals surface area contributed by atoms with Gasteiger partial charge in [0.2, 0.25) is 0 Å². The van der Waals surface area contributed by atoms with Crippen LogP contribution in [0.25, 0.3) is 10.9 Å².